The first-order chi connectivity index (χ1) is 10.4. The molecule has 5 heteroatoms. The summed E-state index contributed by atoms with van der Waals surface area (Å²) in [5.41, 5.74) is 2.07. The van der Waals surface area contributed by atoms with Crippen LogP contribution in [-0.4, -0.2) is 25.0 Å². The van der Waals surface area contributed by atoms with Crippen molar-refractivity contribution in [1.82, 2.24) is 25.0 Å². The summed E-state index contributed by atoms with van der Waals surface area (Å²) in [6.07, 6.45) is 8.77. The van der Waals surface area contributed by atoms with Gasteiger partial charge in [-0.15, -0.1) is 0 Å². The molecule has 0 saturated heterocycles. The number of H-pyrrole nitrogens is 1. The number of rotatable bonds is 3. The minimum atomic E-state index is 0.564. The van der Waals surface area contributed by atoms with Crippen LogP contribution in [0, 0.1) is 0 Å². The fourth-order valence-corrected chi connectivity index (χ4v) is 2.97. The molecule has 106 valence electrons. The Morgan fingerprint density at radius 2 is 1.90 bits per heavy atom. The van der Waals surface area contributed by atoms with E-state index in [0.29, 0.717) is 5.92 Å². The van der Waals surface area contributed by atoms with Crippen molar-refractivity contribution in [2.45, 2.75) is 31.6 Å². The maximum Gasteiger partial charge on any atom is 0.181 e. The lowest BCUT2D eigenvalue weighted by Gasteiger charge is -2.03. The molecule has 5 nitrogen and oxygen atoms in total. The number of aromatic amines is 1. The highest BCUT2D eigenvalue weighted by atomic mass is 15.3. The van der Waals surface area contributed by atoms with Gasteiger partial charge >= 0.3 is 0 Å². The van der Waals surface area contributed by atoms with Crippen LogP contribution in [0.1, 0.15) is 37.4 Å². The van der Waals surface area contributed by atoms with E-state index in [9.17, 15) is 0 Å². The first kappa shape index (κ1) is 12.3. The number of nitrogens with one attached hydrogen (secondary N) is 1. The average Bonchev–Trinajstić information content (AvgIpc) is 3.27. The van der Waals surface area contributed by atoms with Gasteiger partial charge in [0, 0.05) is 23.9 Å². The second kappa shape index (κ2) is 5.16. The number of hydrogen-bond donors (Lipinski definition) is 1. The van der Waals surface area contributed by atoms with Gasteiger partial charge in [-0.1, -0.05) is 12.8 Å². The molecule has 0 atom stereocenters. The van der Waals surface area contributed by atoms with Crippen LogP contribution >= 0.6 is 0 Å². The SMILES string of the molecule is c1cnn(-c2ccc(-c3n[nH]c(C4CCCC4)n3)cc2)c1. The number of aromatic nitrogens is 5. The largest absolute Gasteiger partial charge is 0.262 e. The monoisotopic (exact) mass is 279 g/mol. The van der Waals surface area contributed by atoms with E-state index in [1.165, 1.54) is 25.7 Å². The van der Waals surface area contributed by atoms with E-state index in [-0.39, 0.29) is 0 Å². The van der Waals surface area contributed by atoms with E-state index in [1.807, 2.05) is 41.2 Å². The first-order valence-corrected chi connectivity index (χ1v) is 7.43. The average molecular weight is 279 g/mol. The third kappa shape index (κ3) is 2.35. The Hall–Kier alpha value is -2.43. The summed E-state index contributed by atoms with van der Waals surface area (Å²) in [5, 5.41) is 11.7. The van der Waals surface area contributed by atoms with Gasteiger partial charge in [-0.2, -0.15) is 10.2 Å². The Bertz CT molecular complexity index is 705. The van der Waals surface area contributed by atoms with Gasteiger partial charge in [0.25, 0.3) is 0 Å². The molecule has 0 aliphatic heterocycles. The van der Waals surface area contributed by atoms with Crippen molar-refractivity contribution in [1.29, 1.82) is 0 Å². The van der Waals surface area contributed by atoms with E-state index in [2.05, 4.69) is 20.3 Å². The summed E-state index contributed by atoms with van der Waals surface area (Å²) in [6.45, 7) is 0. The van der Waals surface area contributed by atoms with Crippen molar-refractivity contribution in [3.63, 3.8) is 0 Å². The third-order valence-corrected chi connectivity index (χ3v) is 4.14. The zero-order valence-corrected chi connectivity index (χ0v) is 11.7. The predicted octanol–water partition coefficient (Wildman–Crippen LogP) is 3.32. The minimum Gasteiger partial charge on any atom is -0.262 e. The maximum atomic E-state index is 4.67. The van der Waals surface area contributed by atoms with Gasteiger partial charge in [0.1, 0.15) is 5.82 Å². The predicted molar refractivity (Wildman–Crippen MR) is 80.1 cm³/mol. The molecule has 1 aromatic carbocycles. The van der Waals surface area contributed by atoms with Gasteiger partial charge in [-0.05, 0) is 43.2 Å². The number of benzene rings is 1. The van der Waals surface area contributed by atoms with E-state index in [0.717, 1.165) is 22.9 Å². The zero-order chi connectivity index (χ0) is 14.1. The Kier molecular flexibility index (Phi) is 3.03. The lowest BCUT2D eigenvalue weighted by Crippen LogP contribution is -1.95. The highest BCUT2D eigenvalue weighted by Gasteiger charge is 2.20. The number of nitrogens with zero attached hydrogens (tertiary/aromatic N) is 4. The molecule has 21 heavy (non-hydrogen) atoms. The van der Waals surface area contributed by atoms with E-state index in [4.69, 9.17) is 0 Å². The highest BCUT2D eigenvalue weighted by molar-refractivity contribution is 5.56. The molecule has 0 amide bonds. The fraction of sp³-hybridized carbons (Fsp3) is 0.312. The normalized spacial score (nSPS) is 15.6. The molecule has 0 spiro atoms. The van der Waals surface area contributed by atoms with Crippen LogP contribution in [0.4, 0.5) is 0 Å². The van der Waals surface area contributed by atoms with Gasteiger partial charge in [0.15, 0.2) is 5.82 Å². The molecule has 1 aliphatic carbocycles. The molecule has 4 rings (SSSR count). The Morgan fingerprint density at radius 1 is 1.10 bits per heavy atom. The molecule has 3 aromatic rings. The van der Waals surface area contributed by atoms with E-state index >= 15 is 0 Å². The molecule has 2 aromatic heterocycles. The number of hydrogen-bond acceptors (Lipinski definition) is 3. The first-order valence-electron chi connectivity index (χ1n) is 7.43. The molecule has 1 fully saturated rings. The van der Waals surface area contributed by atoms with Crippen molar-refractivity contribution in [2.24, 2.45) is 0 Å². The van der Waals surface area contributed by atoms with Crippen LogP contribution in [-0.2, 0) is 0 Å². The minimum absolute atomic E-state index is 0.564. The van der Waals surface area contributed by atoms with Gasteiger partial charge in [0.05, 0.1) is 5.69 Å². The molecule has 0 bridgehead atoms. The third-order valence-electron chi connectivity index (χ3n) is 4.14. The Balaban J connectivity index is 1.58. The van der Waals surface area contributed by atoms with Gasteiger partial charge in [0.2, 0.25) is 0 Å². The van der Waals surface area contributed by atoms with Crippen LogP contribution in [0.15, 0.2) is 42.7 Å². The molecule has 0 unspecified atom stereocenters. The second-order valence-electron chi connectivity index (χ2n) is 5.52. The second-order valence-corrected chi connectivity index (χ2v) is 5.52. The quantitative estimate of drug-likeness (QED) is 0.800. The maximum absolute atomic E-state index is 4.67. The van der Waals surface area contributed by atoms with Crippen LogP contribution in [0.25, 0.3) is 17.1 Å². The van der Waals surface area contributed by atoms with E-state index < -0.39 is 0 Å². The Labute approximate surface area is 123 Å². The summed E-state index contributed by atoms with van der Waals surface area (Å²) >= 11 is 0. The standard InChI is InChI=1S/C16H17N5/c1-2-5-12(4-1)15-18-16(20-19-15)13-6-8-14(9-7-13)21-11-3-10-17-21/h3,6-12H,1-2,4-5H2,(H,18,19,20). The summed E-state index contributed by atoms with van der Waals surface area (Å²) in [6, 6.07) is 10.1. The molecule has 1 saturated carbocycles. The van der Waals surface area contributed by atoms with Gasteiger partial charge in [-0.3, -0.25) is 5.10 Å². The molecule has 2 heterocycles. The summed E-state index contributed by atoms with van der Waals surface area (Å²) in [5.74, 6) is 2.39. The van der Waals surface area contributed by atoms with Crippen molar-refractivity contribution < 1.29 is 0 Å². The van der Waals surface area contributed by atoms with Crippen LogP contribution in [0.5, 0.6) is 0 Å². The van der Waals surface area contributed by atoms with Gasteiger partial charge < -0.3 is 0 Å². The van der Waals surface area contributed by atoms with Crippen molar-refractivity contribution in [3.8, 4) is 17.1 Å². The molecular weight excluding hydrogens is 262 g/mol. The highest BCUT2D eigenvalue weighted by Crippen LogP contribution is 2.32. The van der Waals surface area contributed by atoms with Crippen molar-refractivity contribution >= 4 is 0 Å². The van der Waals surface area contributed by atoms with Gasteiger partial charge in [-0.25, -0.2) is 9.67 Å². The molecule has 1 N–H and O–H groups in total. The van der Waals surface area contributed by atoms with Crippen molar-refractivity contribution in [2.75, 3.05) is 0 Å². The zero-order valence-electron chi connectivity index (χ0n) is 11.7. The van der Waals surface area contributed by atoms with Crippen LogP contribution in [0.2, 0.25) is 0 Å². The topological polar surface area (TPSA) is 59.4 Å². The van der Waals surface area contributed by atoms with Crippen LogP contribution < -0.4 is 0 Å². The van der Waals surface area contributed by atoms with E-state index in [1.54, 1.807) is 6.20 Å². The Morgan fingerprint density at radius 3 is 2.62 bits per heavy atom. The summed E-state index contributed by atoms with van der Waals surface area (Å²) in [4.78, 5) is 4.67. The fourth-order valence-electron chi connectivity index (χ4n) is 2.97. The molecule has 0 radical (unpaired) electrons. The summed E-state index contributed by atoms with van der Waals surface area (Å²) in [7, 11) is 0. The molecule has 1 aliphatic rings. The van der Waals surface area contributed by atoms with Crippen LogP contribution in [0.3, 0.4) is 0 Å². The van der Waals surface area contributed by atoms with Crippen molar-refractivity contribution in [3.05, 3.63) is 48.5 Å². The lowest BCUT2D eigenvalue weighted by atomic mass is 10.1. The summed E-state index contributed by atoms with van der Waals surface area (Å²) < 4.78 is 1.84. The lowest BCUT2D eigenvalue weighted by molar-refractivity contribution is 0.672. The molecular formula is C16H17N5. The smallest absolute Gasteiger partial charge is 0.181 e.